The van der Waals surface area contributed by atoms with Gasteiger partial charge in [0.05, 0.1) is 23.3 Å². The van der Waals surface area contributed by atoms with Crippen molar-refractivity contribution in [2.45, 2.75) is 32.6 Å². The molecule has 0 N–H and O–H groups in total. The highest BCUT2D eigenvalue weighted by atomic mass is 35.5. The third-order valence-corrected chi connectivity index (χ3v) is 6.10. The van der Waals surface area contributed by atoms with Crippen LogP contribution in [-0.2, 0) is 12.8 Å². The van der Waals surface area contributed by atoms with E-state index in [0.717, 1.165) is 52.9 Å². The molecule has 4 rings (SSSR count). The minimum Gasteiger partial charge on any atom is -0.495 e. The summed E-state index contributed by atoms with van der Waals surface area (Å²) in [5.74, 6) is 0.464. The van der Waals surface area contributed by atoms with Crippen LogP contribution >= 0.6 is 23.2 Å². The molecule has 0 unspecified atom stereocenters. The second-order valence-corrected chi connectivity index (χ2v) is 7.97. The van der Waals surface area contributed by atoms with Crippen molar-refractivity contribution in [2.24, 2.45) is 0 Å². The molecule has 0 radical (unpaired) electrons. The predicted octanol–water partition coefficient (Wildman–Crippen LogP) is 6.10. The minimum absolute atomic E-state index is 0.134. The molecule has 1 aromatic heterocycles. The number of pyridine rings is 1. The van der Waals surface area contributed by atoms with Crippen LogP contribution in [0.25, 0.3) is 10.9 Å². The molecule has 0 spiro atoms. The van der Waals surface area contributed by atoms with Gasteiger partial charge in [0.25, 0.3) is 5.91 Å². The maximum atomic E-state index is 13.3. The molecule has 0 saturated carbocycles. The number of nitrogens with zero attached hydrogens (tertiary/aromatic N) is 2. The van der Waals surface area contributed by atoms with Crippen LogP contribution in [0.15, 0.2) is 36.4 Å². The van der Waals surface area contributed by atoms with E-state index in [1.54, 1.807) is 30.2 Å². The van der Waals surface area contributed by atoms with Crippen LogP contribution < -0.4 is 9.64 Å². The van der Waals surface area contributed by atoms with E-state index in [4.69, 9.17) is 32.9 Å². The standard InChI is InChI=1S/C23H22Cl2N2O2/c1-3-27(20-13-15(24)9-11-21(20)29-2)23(28)14-8-10-17-19(12-14)26-18-7-5-4-6-16(18)22(17)25/h8-13H,3-7H2,1-2H3. The highest BCUT2D eigenvalue weighted by molar-refractivity contribution is 6.36. The fraction of sp³-hybridized carbons (Fsp3) is 0.304. The summed E-state index contributed by atoms with van der Waals surface area (Å²) in [6.07, 6.45) is 4.17. The number of rotatable bonds is 4. The molecule has 1 aliphatic rings. The Morgan fingerprint density at radius 1 is 1.14 bits per heavy atom. The molecule has 1 aliphatic carbocycles. The molecule has 1 heterocycles. The number of carbonyl (C=O) groups excluding carboxylic acids is 1. The Bertz CT molecular complexity index is 1100. The third kappa shape index (κ3) is 3.67. The lowest BCUT2D eigenvalue weighted by atomic mass is 9.94. The molecule has 2 aromatic carbocycles. The first-order valence-electron chi connectivity index (χ1n) is 9.80. The number of amides is 1. The van der Waals surface area contributed by atoms with Crippen molar-refractivity contribution in [2.75, 3.05) is 18.6 Å². The summed E-state index contributed by atoms with van der Waals surface area (Å²) in [7, 11) is 1.58. The normalized spacial score (nSPS) is 13.2. The molecule has 0 aliphatic heterocycles. The van der Waals surface area contributed by atoms with Gasteiger partial charge in [0, 0.05) is 28.2 Å². The van der Waals surface area contributed by atoms with E-state index in [2.05, 4.69) is 0 Å². The summed E-state index contributed by atoms with van der Waals surface area (Å²) in [4.78, 5) is 19.8. The van der Waals surface area contributed by atoms with Crippen molar-refractivity contribution in [1.82, 2.24) is 4.98 Å². The highest BCUT2D eigenvalue weighted by Crippen LogP contribution is 2.35. The van der Waals surface area contributed by atoms with Crippen LogP contribution in [0.2, 0.25) is 10.0 Å². The van der Waals surface area contributed by atoms with Gasteiger partial charge in [0.15, 0.2) is 0 Å². The quantitative estimate of drug-likeness (QED) is 0.504. The second kappa shape index (κ2) is 8.21. The van der Waals surface area contributed by atoms with E-state index < -0.39 is 0 Å². The van der Waals surface area contributed by atoms with Crippen molar-refractivity contribution in [3.63, 3.8) is 0 Å². The van der Waals surface area contributed by atoms with Crippen molar-refractivity contribution < 1.29 is 9.53 Å². The van der Waals surface area contributed by atoms with Crippen LogP contribution in [-0.4, -0.2) is 24.5 Å². The fourth-order valence-corrected chi connectivity index (χ4v) is 4.48. The van der Waals surface area contributed by atoms with Gasteiger partial charge in [-0.25, -0.2) is 0 Å². The lowest BCUT2D eigenvalue weighted by Gasteiger charge is -2.24. The Labute approximate surface area is 180 Å². The molecule has 0 fully saturated rings. The summed E-state index contributed by atoms with van der Waals surface area (Å²) in [5, 5.41) is 2.21. The summed E-state index contributed by atoms with van der Waals surface area (Å²) in [6, 6.07) is 10.8. The minimum atomic E-state index is -0.134. The number of carbonyl (C=O) groups is 1. The van der Waals surface area contributed by atoms with Crippen molar-refractivity contribution in [3.05, 3.63) is 63.3 Å². The monoisotopic (exact) mass is 428 g/mol. The van der Waals surface area contributed by atoms with E-state index >= 15 is 0 Å². The molecular formula is C23H22Cl2N2O2. The van der Waals surface area contributed by atoms with Gasteiger partial charge in [-0.05, 0) is 68.5 Å². The summed E-state index contributed by atoms with van der Waals surface area (Å²) < 4.78 is 5.44. The number of halogens is 2. The molecule has 1 amide bonds. The smallest absolute Gasteiger partial charge is 0.258 e. The zero-order valence-corrected chi connectivity index (χ0v) is 18.0. The van der Waals surface area contributed by atoms with E-state index in [-0.39, 0.29) is 5.91 Å². The first-order valence-corrected chi connectivity index (χ1v) is 10.6. The topological polar surface area (TPSA) is 42.4 Å². The molecule has 4 nitrogen and oxygen atoms in total. The fourth-order valence-electron chi connectivity index (χ4n) is 3.95. The zero-order chi connectivity index (χ0) is 20.5. The SMILES string of the molecule is CCN(C(=O)c1ccc2c(Cl)c3c(nc2c1)CCCC3)c1cc(Cl)ccc1OC. The van der Waals surface area contributed by atoms with Gasteiger partial charge in [-0.3, -0.25) is 9.78 Å². The van der Waals surface area contributed by atoms with Gasteiger partial charge < -0.3 is 9.64 Å². The molecular weight excluding hydrogens is 407 g/mol. The zero-order valence-electron chi connectivity index (χ0n) is 16.5. The number of anilines is 1. The number of fused-ring (bicyclic) bond motifs is 2. The first kappa shape index (κ1) is 20.0. The van der Waals surface area contributed by atoms with Gasteiger partial charge in [-0.15, -0.1) is 0 Å². The van der Waals surface area contributed by atoms with Gasteiger partial charge in [-0.1, -0.05) is 29.3 Å². The Morgan fingerprint density at radius 2 is 1.93 bits per heavy atom. The maximum absolute atomic E-state index is 13.3. The van der Waals surface area contributed by atoms with E-state index in [1.807, 2.05) is 25.1 Å². The van der Waals surface area contributed by atoms with Crippen LogP contribution in [0.3, 0.4) is 0 Å². The summed E-state index contributed by atoms with van der Waals surface area (Å²) in [5.41, 5.74) is 4.17. The van der Waals surface area contributed by atoms with Gasteiger partial charge in [0.1, 0.15) is 5.75 Å². The Kier molecular flexibility index (Phi) is 5.66. The van der Waals surface area contributed by atoms with E-state index in [0.29, 0.717) is 28.6 Å². The summed E-state index contributed by atoms with van der Waals surface area (Å²) >= 11 is 12.8. The number of hydrogen-bond acceptors (Lipinski definition) is 3. The number of methoxy groups -OCH3 is 1. The van der Waals surface area contributed by atoms with Gasteiger partial charge in [0.2, 0.25) is 0 Å². The van der Waals surface area contributed by atoms with Crippen LogP contribution in [0, 0.1) is 0 Å². The lowest BCUT2D eigenvalue weighted by molar-refractivity contribution is 0.0987. The van der Waals surface area contributed by atoms with E-state index in [1.165, 1.54) is 0 Å². The molecule has 29 heavy (non-hydrogen) atoms. The highest BCUT2D eigenvalue weighted by Gasteiger charge is 2.22. The average molecular weight is 429 g/mol. The van der Waals surface area contributed by atoms with E-state index in [9.17, 15) is 4.79 Å². The third-order valence-electron chi connectivity index (χ3n) is 5.43. The number of ether oxygens (including phenoxy) is 1. The van der Waals surface area contributed by atoms with Crippen molar-refractivity contribution in [1.29, 1.82) is 0 Å². The molecule has 0 bridgehead atoms. The van der Waals surface area contributed by atoms with Crippen LogP contribution in [0.4, 0.5) is 5.69 Å². The lowest BCUT2D eigenvalue weighted by Crippen LogP contribution is -2.31. The second-order valence-electron chi connectivity index (χ2n) is 7.16. The molecule has 150 valence electrons. The Balaban J connectivity index is 1.77. The predicted molar refractivity (Wildman–Crippen MR) is 119 cm³/mol. The average Bonchev–Trinajstić information content (AvgIpc) is 2.74. The maximum Gasteiger partial charge on any atom is 0.258 e. The number of hydrogen-bond donors (Lipinski definition) is 0. The van der Waals surface area contributed by atoms with Gasteiger partial charge in [-0.2, -0.15) is 0 Å². The number of aryl methyl sites for hydroxylation is 1. The van der Waals surface area contributed by atoms with Crippen molar-refractivity contribution >= 4 is 45.7 Å². The number of aromatic nitrogens is 1. The van der Waals surface area contributed by atoms with Gasteiger partial charge >= 0.3 is 0 Å². The Hall–Kier alpha value is -2.30. The Morgan fingerprint density at radius 3 is 2.69 bits per heavy atom. The number of benzene rings is 2. The summed E-state index contributed by atoms with van der Waals surface area (Å²) in [6.45, 7) is 2.40. The molecule has 3 aromatic rings. The largest absolute Gasteiger partial charge is 0.495 e. The van der Waals surface area contributed by atoms with Crippen molar-refractivity contribution in [3.8, 4) is 5.75 Å². The van der Waals surface area contributed by atoms with Crippen LogP contribution in [0.1, 0.15) is 41.4 Å². The molecule has 0 atom stereocenters. The molecule has 6 heteroatoms. The first-order chi connectivity index (χ1) is 14.0. The molecule has 0 saturated heterocycles. The van der Waals surface area contributed by atoms with Crippen LogP contribution in [0.5, 0.6) is 5.75 Å².